The van der Waals surface area contributed by atoms with E-state index in [1.807, 2.05) is 14.1 Å². The Hall–Kier alpha value is 0.270. The molecule has 0 aromatic rings. The summed E-state index contributed by atoms with van der Waals surface area (Å²) in [4.78, 5) is 0. The van der Waals surface area contributed by atoms with Crippen LogP contribution in [-0.4, -0.2) is 32.4 Å². The monoisotopic (exact) mass is 134 g/mol. The normalized spacial score (nSPS) is 10.5. The SMILES string of the molecule is CNCC(S)CNC. The first-order valence-electron chi connectivity index (χ1n) is 2.78. The zero-order valence-corrected chi connectivity index (χ0v) is 6.33. The molecule has 0 amide bonds. The van der Waals surface area contributed by atoms with Gasteiger partial charge in [0.1, 0.15) is 0 Å². The van der Waals surface area contributed by atoms with Crippen molar-refractivity contribution in [3.05, 3.63) is 0 Å². The van der Waals surface area contributed by atoms with Crippen LogP contribution in [0.1, 0.15) is 0 Å². The molecule has 0 aliphatic carbocycles. The minimum atomic E-state index is 0.435. The maximum absolute atomic E-state index is 4.27. The average Bonchev–Trinajstić information content (AvgIpc) is 1.68. The standard InChI is InChI=1S/C5H14N2S/c1-6-3-5(8)4-7-2/h5-8H,3-4H2,1-2H3. The van der Waals surface area contributed by atoms with Crippen LogP contribution in [-0.2, 0) is 0 Å². The average molecular weight is 134 g/mol. The second-order valence-electron chi connectivity index (χ2n) is 1.77. The van der Waals surface area contributed by atoms with Crippen molar-refractivity contribution in [2.75, 3.05) is 27.2 Å². The zero-order chi connectivity index (χ0) is 6.41. The fraction of sp³-hybridized carbons (Fsp3) is 1.00. The summed E-state index contributed by atoms with van der Waals surface area (Å²) in [7, 11) is 3.86. The summed E-state index contributed by atoms with van der Waals surface area (Å²) >= 11 is 4.27. The molecule has 0 aliphatic heterocycles. The highest BCUT2D eigenvalue weighted by molar-refractivity contribution is 7.81. The summed E-state index contributed by atoms with van der Waals surface area (Å²) < 4.78 is 0. The van der Waals surface area contributed by atoms with Crippen LogP contribution in [0.4, 0.5) is 0 Å². The van der Waals surface area contributed by atoms with Crippen molar-refractivity contribution in [3.63, 3.8) is 0 Å². The zero-order valence-electron chi connectivity index (χ0n) is 5.44. The van der Waals surface area contributed by atoms with Crippen molar-refractivity contribution in [3.8, 4) is 0 Å². The largest absolute Gasteiger partial charge is 0.319 e. The number of nitrogens with one attached hydrogen (secondary N) is 2. The Bertz CT molecular complexity index is 43.7. The van der Waals surface area contributed by atoms with Crippen molar-refractivity contribution in [2.45, 2.75) is 5.25 Å². The molecule has 0 spiro atoms. The van der Waals surface area contributed by atoms with Crippen LogP contribution in [0.25, 0.3) is 0 Å². The third-order valence-electron chi connectivity index (χ3n) is 0.879. The number of hydrogen-bond donors (Lipinski definition) is 3. The lowest BCUT2D eigenvalue weighted by Gasteiger charge is -2.06. The Labute approximate surface area is 56.5 Å². The molecular weight excluding hydrogens is 120 g/mol. The van der Waals surface area contributed by atoms with E-state index in [4.69, 9.17) is 0 Å². The van der Waals surface area contributed by atoms with Crippen LogP contribution in [0, 0.1) is 0 Å². The van der Waals surface area contributed by atoms with Crippen molar-refractivity contribution < 1.29 is 0 Å². The highest BCUT2D eigenvalue weighted by atomic mass is 32.1. The summed E-state index contributed by atoms with van der Waals surface area (Å²) in [5.74, 6) is 0. The Morgan fingerprint density at radius 3 is 1.88 bits per heavy atom. The fourth-order valence-electron chi connectivity index (χ4n) is 0.543. The topological polar surface area (TPSA) is 24.1 Å². The van der Waals surface area contributed by atoms with Gasteiger partial charge in [0, 0.05) is 18.3 Å². The van der Waals surface area contributed by atoms with Gasteiger partial charge < -0.3 is 10.6 Å². The minimum Gasteiger partial charge on any atom is -0.319 e. The van der Waals surface area contributed by atoms with Crippen molar-refractivity contribution >= 4 is 12.6 Å². The van der Waals surface area contributed by atoms with Crippen molar-refractivity contribution in [2.24, 2.45) is 0 Å². The van der Waals surface area contributed by atoms with Gasteiger partial charge in [-0.2, -0.15) is 12.6 Å². The molecule has 0 aliphatic rings. The number of thiol groups is 1. The second kappa shape index (κ2) is 5.41. The van der Waals surface area contributed by atoms with Crippen molar-refractivity contribution in [1.29, 1.82) is 0 Å². The molecule has 2 N–H and O–H groups in total. The lowest BCUT2D eigenvalue weighted by molar-refractivity contribution is 0.693. The van der Waals surface area contributed by atoms with Crippen LogP contribution in [0.5, 0.6) is 0 Å². The van der Waals surface area contributed by atoms with Crippen LogP contribution in [0.3, 0.4) is 0 Å². The van der Waals surface area contributed by atoms with E-state index in [1.165, 1.54) is 0 Å². The van der Waals surface area contributed by atoms with Crippen molar-refractivity contribution in [1.82, 2.24) is 10.6 Å². The summed E-state index contributed by atoms with van der Waals surface area (Å²) in [5, 5.41) is 6.51. The molecule has 0 radical (unpaired) electrons. The molecule has 2 nitrogen and oxygen atoms in total. The lowest BCUT2D eigenvalue weighted by atomic mass is 10.4. The highest BCUT2D eigenvalue weighted by Crippen LogP contribution is 1.87. The predicted molar refractivity (Wildman–Crippen MR) is 40.6 cm³/mol. The third-order valence-corrected chi connectivity index (χ3v) is 1.24. The van der Waals surface area contributed by atoms with Gasteiger partial charge in [0.2, 0.25) is 0 Å². The Morgan fingerprint density at radius 1 is 1.25 bits per heavy atom. The van der Waals surface area contributed by atoms with Crippen LogP contribution in [0.2, 0.25) is 0 Å². The van der Waals surface area contributed by atoms with E-state index in [9.17, 15) is 0 Å². The minimum absolute atomic E-state index is 0.435. The molecule has 0 aromatic carbocycles. The third kappa shape index (κ3) is 4.43. The molecule has 8 heavy (non-hydrogen) atoms. The van der Waals surface area contributed by atoms with E-state index in [0.717, 1.165) is 13.1 Å². The van der Waals surface area contributed by atoms with Gasteiger partial charge in [-0.3, -0.25) is 0 Å². The molecule has 3 heteroatoms. The first-order chi connectivity index (χ1) is 3.81. The molecule has 0 heterocycles. The van der Waals surface area contributed by atoms with Crippen LogP contribution >= 0.6 is 12.6 Å². The van der Waals surface area contributed by atoms with E-state index in [2.05, 4.69) is 23.3 Å². The second-order valence-corrected chi connectivity index (χ2v) is 2.50. The van der Waals surface area contributed by atoms with Gasteiger partial charge in [-0.05, 0) is 14.1 Å². The number of hydrogen-bond acceptors (Lipinski definition) is 3. The molecule has 0 aromatic heterocycles. The fourth-order valence-corrected chi connectivity index (χ4v) is 0.909. The summed E-state index contributed by atoms with van der Waals surface area (Å²) in [6.07, 6.45) is 0. The Morgan fingerprint density at radius 2 is 1.62 bits per heavy atom. The van der Waals surface area contributed by atoms with Crippen LogP contribution < -0.4 is 10.6 Å². The molecular formula is C5H14N2S. The molecule has 50 valence electrons. The van der Waals surface area contributed by atoms with E-state index >= 15 is 0 Å². The molecule has 0 atom stereocenters. The van der Waals surface area contributed by atoms with E-state index in [0.29, 0.717) is 5.25 Å². The Kier molecular flexibility index (Phi) is 5.59. The van der Waals surface area contributed by atoms with Gasteiger partial charge in [-0.15, -0.1) is 0 Å². The van der Waals surface area contributed by atoms with E-state index in [1.54, 1.807) is 0 Å². The summed E-state index contributed by atoms with van der Waals surface area (Å²) in [5.41, 5.74) is 0. The maximum Gasteiger partial charge on any atom is 0.0266 e. The Balaban J connectivity index is 2.92. The van der Waals surface area contributed by atoms with Gasteiger partial charge in [0.15, 0.2) is 0 Å². The maximum atomic E-state index is 4.27. The summed E-state index contributed by atoms with van der Waals surface area (Å²) in [6.45, 7) is 1.92. The van der Waals surface area contributed by atoms with E-state index < -0.39 is 0 Å². The highest BCUT2D eigenvalue weighted by Gasteiger charge is 1.95. The molecule has 0 rings (SSSR count). The quantitative estimate of drug-likeness (QED) is 0.461. The van der Waals surface area contributed by atoms with Crippen LogP contribution in [0.15, 0.2) is 0 Å². The van der Waals surface area contributed by atoms with Gasteiger partial charge in [-0.1, -0.05) is 0 Å². The van der Waals surface area contributed by atoms with E-state index in [-0.39, 0.29) is 0 Å². The molecule has 0 saturated carbocycles. The molecule has 0 saturated heterocycles. The smallest absolute Gasteiger partial charge is 0.0266 e. The molecule has 0 fully saturated rings. The van der Waals surface area contributed by atoms with Gasteiger partial charge in [0.25, 0.3) is 0 Å². The van der Waals surface area contributed by atoms with Gasteiger partial charge >= 0.3 is 0 Å². The lowest BCUT2D eigenvalue weighted by Crippen LogP contribution is -2.28. The first kappa shape index (κ1) is 8.27. The molecule has 0 unspecified atom stereocenters. The first-order valence-corrected chi connectivity index (χ1v) is 3.30. The molecule has 0 bridgehead atoms. The van der Waals surface area contributed by atoms with Gasteiger partial charge in [-0.25, -0.2) is 0 Å². The summed E-state index contributed by atoms with van der Waals surface area (Å²) in [6, 6.07) is 0. The number of rotatable bonds is 4. The predicted octanol–water partition coefficient (Wildman–Crippen LogP) is -0.276. The van der Waals surface area contributed by atoms with Gasteiger partial charge in [0.05, 0.1) is 0 Å².